The van der Waals surface area contributed by atoms with Gasteiger partial charge in [-0.15, -0.1) is 0 Å². The van der Waals surface area contributed by atoms with E-state index in [1.807, 2.05) is 0 Å². The van der Waals surface area contributed by atoms with Crippen LogP contribution in [0.5, 0.6) is 0 Å². The molecule has 0 bridgehead atoms. The third-order valence-electron chi connectivity index (χ3n) is 6.32. The van der Waals surface area contributed by atoms with Crippen molar-refractivity contribution in [2.75, 3.05) is 11.9 Å². The summed E-state index contributed by atoms with van der Waals surface area (Å²) in [5.41, 5.74) is -1.19. The molecule has 1 aliphatic heterocycles. The molecule has 2 aromatic carbocycles. The Kier molecular flexibility index (Phi) is 8.31. The number of hydrogen-bond acceptors (Lipinski definition) is 6. The summed E-state index contributed by atoms with van der Waals surface area (Å²) in [6, 6.07) is 5.96. The predicted molar refractivity (Wildman–Crippen MR) is 143 cm³/mol. The Morgan fingerprint density at radius 1 is 1.10 bits per heavy atom. The van der Waals surface area contributed by atoms with Gasteiger partial charge in [-0.05, 0) is 50.6 Å². The molecule has 2 atom stereocenters. The van der Waals surface area contributed by atoms with E-state index < -0.39 is 83.0 Å². The monoisotopic (exact) mass is 616 g/mol. The first-order valence-corrected chi connectivity index (χ1v) is 14.3. The van der Waals surface area contributed by atoms with E-state index in [-0.39, 0.29) is 16.3 Å². The maximum atomic E-state index is 13.9. The number of hydrogen-bond donors (Lipinski definition) is 2. The van der Waals surface area contributed by atoms with Gasteiger partial charge in [-0.3, -0.25) is 9.59 Å². The molecule has 4 rings (SSSR count). The van der Waals surface area contributed by atoms with E-state index >= 15 is 0 Å². The molecule has 3 amide bonds. The summed E-state index contributed by atoms with van der Waals surface area (Å²) >= 11 is 6.36. The molecule has 0 spiro atoms. The standard InChI is InChI=1S/C26H28ClF3N4O6S/c1-25(2,3)40-24(37)33-14-20(22(35)31-16-8-6-7-15(28)11-16)34(41(33,38)39)21(18-9-4-5-10-19(18)27)23(36)32-17-12-26(29,30)13-17/h4-11,17,20-21H,12-14H2,1-3H3,(H,31,35)(H,32,36). The van der Waals surface area contributed by atoms with E-state index in [4.69, 9.17) is 16.3 Å². The molecule has 2 aromatic rings. The number of halogens is 4. The normalized spacial score (nSPS) is 21.0. The molecule has 1 saturated heterocycles. The Labute approximate surface area is 239 Å². The van der Waals surface area contributed by atoms with E-state index in [1.54, 1.807) is 0 Å². The van der Waals surface area contributed by atoms with Gasteiger partial charge in [0.05, 0.1) is 6.54 Å². The molecule has 2 aliphatic rings. The van der Waals surface area contributed by atoms with Gasteiger partial charge in [0.1, 0.15) is 23.5 Å². The molecule has 41 heavy (non-hydrogen) atoms. The number of nitrogens with zero attached hydrogens (tertiary/aromatic N) is 2. The van der Waals surface area contributed by atoms with E-state index in [0.29, 0.717) is 8.61 Å². The highest BCUT2D eigenvalue weighted by atomic mass is 35.5. The second-order valence-electron chi connectivity index (χ2n) is 10.8. The fraction of sp³-hybridized carbons (Fsp3) is 0.423. The maximum absolute atomic E-state index is 13.9. The van der Waals surface area contributed by atoms with Crippen LogP contribution in [0.15, 0.2) is 48.5 Å². The summed E-state index contributed by atoms with van der Waals surface area (Å²) in [5, 5.41) is 4.76. The number of amides is 3. The van der Waals surface area contributed by atoms with Crippen LogP contribution in [0.3, 0.4) is 0 Å². The quantitative estimate of drug-likeness (QED) is 0.500. The van der Waals surface area contributed by atoms with Gasteiger partial charge in [0, 0.05) is 29.6 Å². The van der Waals surface area contributed by atoms with Gasteiger partial charge in [-0.25, -0.2) is 18.0 Å². The molecular weight excluding hydrogens is 589 g/mol. The first-order chi connectivity index (χ1) is 19.0. The molecule has 222 valence electrons. The van der Waals surface area contributed by atoms with Crippen LogP contribution in [0.2, 0.25) is 5.02 Å². The zero-order valence-corrected chi connectivity index (χ0v) is 23.8. The van der Waals surface area contributed by atoms with Crippen LogP contribution in [-0.4, -0.2) is 65.1 Å². The van der Waals surface area contributed by atoms with Crippen molar-refractivity contribution in [3.63, 3.8) is 0 Å². The van der Waals surface area contributed by atoms with Gasteiger partial charge >= 0.3 is 16.3 Å². The third kappa shape index (κ3) is 6.76. The fourth-order valence-corrected chi connectivity index (χ4v) is 6.51. The SMILES string of the molecule is CC(C)(C)OC(=O)N1CC(C(=O)Nc2cccc(F)c2)N(C(C(=O)NC2CC(F)(F)C2)c2ccccc2Cl)S1(=O)=O. The number of carbonyl (C=O) groups is 3. The first kappa shape index (κ1) is 30.6. The molecule has 15 heteroatoms. The van der Waals surface area contributed by atoms with Crippen LogP contribution in [0.1, 0.15) is 45.2 Å². The average Bonchev–Trinajstić information content (AvgIpc) is 3.09. The number of rotatable bonds is 6. The summed E-state index contributed by atoms with van der Waals surface area (Å²) in [5.74, 6) is -5.69. The highest BCUT2D eigenvalue weighted by Gasteiger charge is 2.56. The zero-order chi connectivity index (χ0) is 30.3. The number of nitrogens with one attached hydrogen (secondary N) is 2. The van der Waals surface area contributed by atoms with Crippen molar-refractivity contribution in [2.45, 2.75) is 63.3 Å². The zero-order valence-electron chi connectivity index (χ0n) is 22.2. The average molecular weight is 617 g/mol. The minimum atomic E-state index is -4.96. The number of carbonyl (C=O) groups excluding carboxylic acids is 3. The summed E-state index contributed by atoms with van der Waals surface area (Å²) < 4.78 is 74.7. The minimum absolute atomic E-state index is 0.0153. The molecule has 2 unspecified atom stereocenters. The summed E-state index contributed by atoms with van der Waals surface area (Å²) in [7, 11) is -4.96. The predicted octanol–water partition coefficient (Wildman–Crippen LogP) is 4.24. The van der Waals surface area contributed by atoms with Gasteiger partial charge in [-0.2, -0.15) is 17.0 Å². The Morgan fingerprint density at radius 2 is 1.76 bits per heavy atom. The lowest BCUT2D eigenvalue weighted by atomic mass is 9.88. The van der Waals surface area contributed by atoms with Gasteiger partial charge < -0.3 is 15.4 Å². The number of ether oxygens (including phenoxy) is 1. The van der Waals surface area contributed by atoms with Crippen molar-refractivity contribution in [3.05, 3.63) is 64.9 Å². The maximum Gasteiger partial charge on any atom is 0.425 e. The topological polar surface area (TPSA) is 125 Å². The summed E-state index contributed by atoms with van der Waals surface area (Å²) in [6.07, 6.45) is -2.62. The largest absolute Gasteiger partial charge is 0.443 e. The smallest absolute Gasteiger partial charge is 0.425 e. The van der Waals surface area contributed by atoms with Crippen molar-refractivity contribution in [1.82, 2.24) is 13.9 Å². The van der Waals surface area contributed by atoms with Crippen LogP contribution < -0.4 is 10.6 Å². The van der Waals surface area contributed by atoms with Crippen molar-refractivity contribution in [3.8, 4) is 0 Å². The molecule has 1 heterocycles. The van der Waals surface area contributed by atoms with Crippen LogP contribution in [0, 0.1) is 5.82 Å². The molecule has 2 fully saturated rings. The van der Waals surface area contributed by atoms with E-state index in [9.17, 15) is 36.0 Å². The molecule has 1 saturated carbocycles. The molecular formula is C26H28ClF3N4O6S. The Morgan fingerprint density at radius 3 is 2.34 bits per heavy atom. The molecule has 1 aliphatic carbocycles. The Balaban J connectivity index is 1.79. The van der Waals surface area contributed by atoms with Crippen molar-refractivity contribution in [1.29, 1.82) is 0 Å². The highest BCUT2D eigenvalue weighted by Crippen LogP contribution is 2.40. The van der Waals surface area contributed by atoms with Crippen LogP contribution in [-0.2, 0) is 24.5 Å². The lowest BCUT2D eigenvalue weighted by Gasteiger charge is -2.37. The van der Waals surface area contributed by atoms with Gasteiger partial charge in [0.15, 0.2) is 0 Å². The molecule has 0 radical (unpaired) electrons. The second kappa shape index (κ2) is 11.1. The van der Waals surface area contributed by atoms with E-state index in [1.165, 1.54) is 57.2 Å². The Bertz CT molecular complexity index is 1460. The summed E-state index contributed by atoms with van der Waals surface area (Å²) in [4.78, 5) is 40.1. The lowest BCUT2D eigenvalue weighted by molar-refractivity contribution is -0.133. The van der Waals surface area contributed by atoms with Crippen molar-refractivity contribution >= 4 is 45.4 Å². The van der Waals surface area contributed by atoms with E-state index in [2.05, 4.69) is 10.6 Å². The van der Waals surface area contributed by atoms with Gasteiger partial charge in [0.2, 0.25) is 11.8 Å². The molecule has 10 nitrogen and oxygen atoms in total. The summed E-state index contributed by atoms with van der Waals surface area (Å²) in [6.45, 7) is 3.75. The number of anilines is 1. The third-order valence-corrected chi connectivity index (χ3v) is 8.52. The number of benzene rings is 2. The van der Waals surface area contributed by atoms with Gasteiger partial charge in [0.25, 0.3) is 5.92 Å². The lowest BCUT2D eigenvalue weighted by Crippen LogP contribution is -2.55. The first-order valence-electron chi connectivity index (χ1n) is 12.5. The highest BCUT2D eigenvalue weighted by molar-refractivity contribution is 7.87. The van der Waals surface area contributed by atoms with Crippen LogP contribution in [0.4, 0.5) is 23.7 Å². The Hall–Kier alpha value is -3.36. The fourth-order valence-electron chi connectivity index (χ4n) is 4.53. The minimum Gasteiger partial charge on any atom is -0.443 e. The van der Waals surface area contributed by atoms with Crippen molar-refractivity contribution in [2.24, 2.45) is 0 Å². The van der Waals surface area contributed by atoms with Crippen LogP contribution in [0.25, 0.3) is 0 Å². The van der Waals surface area contributed by atoms with Gasteiger partial charge in [-0.1, -0.05) is 35.9 Å². The molecule has 2 N–H and O–H groups in total. The second-order valence-corrected chi connectivity index (χ2v) is 12.9. The molecule has 0 aromatic heterocycles. The number of alkyl halides is 2. The van der Waals surface area contributed by atoms with E-state index in [0.717, 1.165) is 12.1 Å². The van der Waals surface area contributed by atoms with Crippen LogP contribution >= 0.6 is 11.6 Å². The van der Waals surface area contributed by atoms with Crippen molar-refractivity contribution < 1.29 is 40.7 Å².